The van der Waals surface area contributed by atoms with Crippen molar-refractivity contribution in [2.45, 2.75) is 44.8 Å². The third-order valence-electron chi connectivity index (χ3n) is 2.37. The quantitative estimate of drug-likeness (QED) is 0.653. The Bertz CT molecular complexity index is 168. The topological polar surface area (TPSA) is 35.5 Å². The van der Waals surface area contributed by atoms with Gasteiger partial charge in [0.2, 0.25) is 0 Å². The van der Waals surface area contributed by atoms with Gasteiger partial charge in [0.25, 0.3) is 0 Å². The van der Waals surface area contributed by atoms with E-state index in [1.807, 2.05) is 0 Å². The van der Waals surface area contributed by atoms with Crippen LogP contribution >= 0.6 is 0 Å². The van der Waals surface area contributed by atoms with Gasteiger partial charge in [-0.25, -0.2) is 0 Å². The molecule has 1 aliphatic heterocycles. The van der Waals surface area contributed by atoms with Crippen molar-refractivity contribution in [2.24, 2.45) is 0 Å². The largest absolute Gasteiger partial charge is 0.377 e. The molecule has 1 fully saturated rings. The molecule has 2 unspecified atom stereocenters. The first-order valence-corrected chi connectivity index (χ1v) is 4.88. The van der Waals surface area contributed by atoms with Crippen LogP contribution in [0, 0.1) is 0 Å². The first kappa shape index (κ1) is 10.7. The molecule has 1 rings (SSSR count). The van der Waals surface area contributed by atoms with E-state index in [0.29, 0.717) is 18.6 Å². The summed E-state index contributed by atoms with van der Waals surface area (Å²) < 4.78 is 10.3. The fraction of sp³-hybridized carbons (Fsp3) is 0.900. The van der Waals surface area contributed by atoms with E-state index in [-0.39, 0.29) is 12.4 Å². The highest BCUT2D eigenvalue weighted by Crippen LogP contribution is 2.22. The highest BCUT2D eigenvalue weighted by atomic mass is 16.5. The first-order chi connectivity index (χ1) is 6.22. The van der Waals surface area contributed by atoms with Crippen molar-refractivity contribution < 1.29 is 14.3 Å². The van der Waals surface area contributed by atoms with Crippen LogP contribution in [0.3, 0.4) is 0 Å². The van der Waals surface area contributed by atoms with Crippen LogP contribution in [0.5, 0.6) is 0 Å². The Morgan fingerprint density at radius 1 is 1.54 bits per heavy atom. The lowest BCUT2D eigenvalue weighted by atomic mass is 10.1. The van der Waals surface area contributed by atoms with E-state index < -0.39 is 0 Å². The maximum absolute atomic E-state index is 11.1. The van der Waals surface area contributed by atoms with Gasteiger partial charge in [0, 0.05) is 13.5 Å². The Balaban J connectivity index is 2.09. The molecule has 3 nitrogen and oxygen atoms in total. The van der Waals surface area contributed by atoms with Gasteiger partial charge in [-0.05, 0) is 26.2 Å². The van der Waals surface area contributed by atoms with E-state index in [9.17, 15) is 4.79 Å². The molecule has 0 aliphatic carbocycles. The van der Waals surface area contributed by atoms with Gasteiger partial charge in [-0.15, -0.1) is 0 Å². The van der Waals surface area contributed by atoms with Crippen LogP contribution in [0.1, 0.15) is 32.6 Å². The van der Waals surface area contributed by atoms with Crippen molar-refractivity contribution in [3.8, 4) is 0 Å². The summed E-state index contributed by atoms with van der Waals surface area (Å²) in [6.07, 6.45) is 4.35. The summed E-state index contributed by atoms with van der Waals surface area (Å²) in [4.78, 5) is 11.1. The lowest BCUT2D eigenvalue weighted by Gasteiger charge is -2.09. The van der Waals surface area contributed by atoms with Crippen LogP contribution in [-0.4, -0.2) is 31.7 Å². The summed E-state index contributed by atoms with van der Waals surface area (Å²) in [5, 5.41) is 0. The summed E-state index contributed by atoms with van der Waals surface area (Å²) in [5.74, 6) is 0.172. The average molecular weight is 186 g/mol. The minimum absolute atomic E-state index is 0.172. The van der Waals surface area contributed by atoms with Crippen LogP contribution in [0.2, 0.25) is 0 Å². The zero-order valence-corrected chi connectivity index (χ0v) is 8.41. The Labute approximate surface area is 79.4 Å². The summed E-state index contributed by atoms with van der Waals surface area (Å²) in [6, 6.07) is 0. The summed E-state index contributed by atoms with van der Waals surface area (Å²) >= 11 is 0. The van der Waals surface area contributed by atoms with Gasteiger partial charge in [-0.1, -0.05) is 0 Å². The van der Waals surface area contributed by atoms with E-state index in [1.54, 1.807) is 7.11 Å². The molecule has 0 aromatic carbocycles. The fourth-order valence-electron chi connectivity index (χ4n) is 1.65. The molecule has 0 N–H and O–H groups in total. The monoisotopic (exact) mass is 186 g/mol. The molecule has 0 aromatic heterocycles. The Hall–Kier alpha value is -0.410. The van der Waals surface area contributed by atoms with Crippen LogP contribution in [0.4, 0.5) is 0 Å². The fourth-order valence-corrected chi connectivity index (χ4v) is 1.65. The van der Waals surface area contributed by atoms with Gasteiger partial charge >= 0.3 is 0 Å². The van der Waals surface area contributed by atoms with E-state index in [0.717, 1.165) is 19.3 Å². The molecule has 0 radical (unpaired) electrons. The standard InChI is InChI=1S/C10H18O3/c1-8-3-5-10(13-8)6-4-9(11)7-12-2/h8,10H,3-7H2,1-2H3. The van der Waals surface area contributed by atoms with E-state index in [1.165, 1.54) is 0 Å². The molecule has 1 heterocycles. The van der Waals surface area contributed by atoms with Gasteiger partial charge in [-0.3, -0.25) is 4.79 Å². The molecular weight excluding hydrogens is 168 g/mol. The minimum atomic E-state index is 0.172. The zero-order chi connectivity index (χ0) is 9.68. The van der Waals surface area contributed by atoms with Crippen molar-refractivity contribution in [1.82, 2.24) is 0 Å². The SMILES string of the molecule is COCC(=O)CCC1CCC(C)O1. The third-order valence-corrected chi connectivity index (χ3v) is 2.37. The van der Waals surface area contributed by atoms with Crippen LogP contribution in [0.15, 0.2) is 0 Å². The predicted molar refractivity (Wildman–Crippen MR) is 49.7 cm³/mol. The second kappa shape index (κ2) is 5.35. The Morgan fingerprint density at radius 2 is 2.31 bits per heavy atom. The lowest BCUT2D eigenvalue weighted by molar-refractivity contribution is -0.123. The van der Waals surface area contributed by atoms with Crippen molar-refractivity contribution in [2.75, 3.05) is 13.7 Å². The normalized spacial score (nSPS) is 27.8. The van der Waals surface area contributed by atoms with E-state index in [4.69, 9.17) is 9.47 Å². The number of hydrogen-bond donors (Lipinski definition) is 0. The summed E-state index contributed by atoms with van der Waals surface area (Å²) in [7, 11) is 1.55. The molecule has 0 bridgehead atoms. The first-order valence-electron chi connectivity index (χ1n) is 4.88. The second-order valence-corrected chi connectivity index (χ2v) is 3.66. The number of carbonyl (C=O) groups excluding carboxylic acids is 1. The molecule has 1 aliphatic rings. The smallest absolute Gasteiger partial charge is 0.158 e. The number of methoxy groups -OCH3 is 1. The van der Waals surface area contributed by atoms with Crippen LogP contribution < -0.4 is 0 Å². The molecule has 1 saturated heterocycles. The molecule has 2 atom stereocenters. The van der Waals surface area contributed by atoms with E-state index in [2.05, 4.69) is 6.92 Å². The minimum Gasteiger partial charge on any atom is -0.377 e. The number of Topliss-reactive ketones (excluding diaryl/α,β-unsaturated/α-hetero) is 1. The number of carbonyl (C=O) groups is 1. The Morgan fingerprint density at radius 3 is 2.85 bits per heavy atom. The highest BCUT2D eigenvalue weighted by molar-refractivity contribution is 5.79. The summed E-state index contributed by atoms with van der Waals surface area (Å²) in [6.45, 7) is 2.32. The van der Waals surface area contributed by atoms with Crippen molar-refractivity contribution >= 4 is 5.78 Å². The molecule has 76 valence electrons. The third kappa shape index (κ3) is 3.87. The number of ether oxygens (including phenoxy) is 2. The summed E-state index contributed by atoms with van der Waals surface area (Å²) in [5.41, 5.74) is 0. The number of ketones is 1. The molecule has 0 saturated carbocycles. The van der Waals surface area contributed by atoms with Crippen molar-refractivity contribution in [3.63, 3.8) is 0 Å². The van der Waals surface area contributed by atoms with Gasteiger partial charge in [-0.2, -0.15) is 0 Å². The van der Waals surface area contributed by atoms with Crippen molar-refractivity contribution in [1.29, 1.82) is 0 Å². The van der Waals surface area contributed by atoms with Gasteiger partial charge in [0.15, 0.2) is 5.78 Å². The van der Waals surface area contributed by atoms with Crippen molar-refractivity contribution in [3.05, 3.63) is 0 Å². The second-order valence-electron chi connectivity index (χ2n) is 3.66. The lowest BCUT2D eigenvalue weighted by Crippen LogP contribution is -2.13. The predicted octanol–water partition coefficient (Wildman–Crippen LogP) is 1.55. The highest BCUT2D eigenvalue weighted by Gasteiger charge is 2.21. The molecule has 0 aromatic rings. The molecule has 0 amide bonds. The molecule has 3 heteroatoms. The Kier molecular flexibility index (Phi) is 4.39. The average Bonchev–Trinajstić information content (AvgIpc) is 2.49. The van der Waals surface area contributed by atoms with Crippen LogP contribution in [0.25, 0.3) is 0 Å². The van der Waals surface area contributed by atoms with E-state index >= 15 is 0 Å². The maximum Gasteiger partial charge on any atom is 0.158 e. The van der Waals surface area contributed by atoms with Crippen LogP contribution in [-0.2, 0) is 14.3 Å². The molecule has 0 spiro atoms. The zero-order valence-electron chi connectivity index (χ0n) is 8.41. The van der Waals surface area contributed by atoms with Gasteiger partial charge in [0.1, 0.15) is 6.61 Å². The van der Waals surface area contributed by atoms with Gasteiger partial charge < -0.3 is 9.47 Å². The number of rotatable bonds is 5. The molecule has 13 heavy (non-hydrogen) atoms. The molecular formula is C10H18O3. The van der Waals surface area contributed by atoms with Gasteiger partial charge in [0.05, 0.1) is 12.2 Å². The number of hydrogen-bond acceptors (Lipinski definition) is 3. The maximum atomic E-state index is 11.1.